The van der Waals surface area contributed by atoms with Crippen molar-refractivity contribution in [3.63, 3.8) is 0 Å². The quantitative estimate of drug-likeness (QED) is 0.475. The SMILES string of the molecule is Cc1cc(F)ccc1Nc1cc(-c2cccc(OC(F)(F)F)c2)nc(NC(C)C)n1. The molecule has 158 valence electrons. The zero-order valence-corrected chi connectivity index (χ0v) is 16.5. The average molecular weight is 420 g/mol. The Morgan fingerprint density at radius 3 is 2.43 bits per heavy atom. The van der Waals surface area contributed by atoms with Gasteiger partial charge in [-0.05, 0) is 56.7 Å². The Kier molecular flexibility index (Phi) is 6.09. The van der Waals surface area contributed by atoms with E-state index in [1.807, 2.05) is 13.8 Å². The first-order valence-corrected chi connectivity index (χ1v) is 9.14. The summed E-state index contributed by atoms with van der Waals surface area (Å²) in [6.45, 7) is 5.56. The van der Waals surface area contributed by atoms with Crippen LogP contribution >= 0.6 is 0 Å². The third-order valence-corrected chi connectivity index (χ3v) is 3.96. The van der Waals surface area contributed by atoms with E-state index < -0.39 is 6.36 Å². The van der Waals surface area contributed by atoms with Crippen LogP contribution in [0.25, 0.3) is 11.3 Å². The number of nitrogens with one attached hydrogen (secondary N) is 2. The normalized spacial score (nSPS) is 11.5. The molecule has 0 radical (unpaired) electrons. The monoisotopic (exact) mass is 420 g/mol. The van der Waals surface area contributed by atoms with Gasteiger partial charge >= 0.3 is 6.36 Å². The zero-order valence-electron chi connectivity index (χ0n) is 16.5. The summed E-state index contributed by atoms with van der Waals surface area (Å²) in [4.78, 5) is 8.80. The summed E-state index contributed by atoms with van der Waals surface area (Å²) in [5.41, 5.74) is 2.13. The molecule has 0 amide bonds. The largest absolute Gasteiger partial charge is 0.573 e. The molecule has 0 fully saturated rings. The maximum absolute atomic E-state index is 13.4. The van der Waals surface area contributed by atoms with Gasteiger partial charge in [0.15, 0.2) is 0 Å². The number of alkyl halides is 3. The third kappa shape index (κ3) is 5.82. The second-order valence-corrected chi connectivity index (χ2v) is 6.92. The first-order valence-electron chi connectivity index (χ1n) is 9.14. The average Bonchev–Trinajstić information content (AvgIpc) is 2.62. The van der Waals surface area contributed by atoms with Gasteiger partial charge in [0, 0.05) is 23.4 Å². The van der Waals surface area contributed by atoms with E-state index in [0.29, 0.717) is 34.3 Å². The maximum Gasteiger partial charge on any atom is 0.573 e. The molecule has 0 aliphatic rings. The molecule has 30 heavy (non-hydrogen) atoms. The van der Waals surface area contributed by atoms with Crippen LogP contribution in [0.3, 0.4) is 0 Å². The third-order valence-electron chi connectivity index (χ3n) is 3.96. The predicted molar refractivity (Wildman–Crippen MR) is 107 cm³/mol. The highest BCUT2D eigenvalue weighted by atomic mass is 19.4. The van der Waals surface area contributed by atoms with Crippen LogP contribution in [0.2, 0.25) is 0 Å². The van der Waals surface area contributed by atoms with Crippen LogP contribution in [0.4, 0.5) is 35.0 Å². The second-order valence-electron chi connectivity index (χ2n) is 6.92. The number of benzene rings is 2. The number of halogens is 4. The lowest BCUT2D eigenvalue weighted by Crippen LogP contribution is -2.17. The van der Waals surface area contributed by atoms with Crippen molar-refractivity contribution in [1.82, 2.24) is 9.97 Å². The Morgan fingerprint density at radius 2 is 1.77 bits per heavy atom. The summed E-state index contributed by atoms with van der Waals surface area (Å²) < 4.78 is 55.1. The summed E-state index contributed by atoms with van der Waals surface area (Å²) in [6.07, 6.45) is -4.79. The summed E-state index contributed by atoms with van der Waals surface area (Å²) in [5.74, 6) is -0.00199. The van der Waals surface area contributed by atoms with Crippen molar-refractivity contribution < 1.29 is 22.3 Å². The van der Waals surface area contributed by atoms with Gasteiger partial charge in [-0.25, -0.2) is 9.37 Å². The minimum Gasteiger partial charge on any atom is -0.406 e. The van der Waals surface area contributed by atoms with Crippen molar-refractivity contribution in [2.45, 2.75) is 33.2 Å². The van der Waals surface area contributed by atoms with Crippen molar-refractivity contribution >= 4 is 17.5 Å². The number of anilines is 3. The van der Waals surface area contributed by atoms with Crippen molar-refractivity contribution in [3.8, 4) is 17.0 Å². The molecule has 5 nitrogen and oxygen atoms in total. The molecule has 1 heterocycles. The number of nitrogens with zero attached hydrogens (tertiary/aromatic N) is 2. The number of hydrogen-bond acceptors (Lipinski definition) is 5. The molecular weight excluding hydrogens is 400 g/mol. The summed E-state index contributed by atoms with van der Waals surface area (Å²) in [6, 6.07) is 11.5. The van der Waals surface area contributed by atoms with Crippen molar-refractivity contribution in [2.75, 3.05) is 10.6 Å². The number of hydrogen-bond donors (Lipinski definition) is 2. The van der Waals surface area contributed by atoms with Gasteiger partial charge in [0.2, 0.25) is 5.95 Å². The van der Waals surface area contributed by atoms with Crippen LogP contribution < -0.4 is 15.4 Å². The Morgan fingerprint density at radius 1 is 1.00 bits per heavy atom. The molecule has 0 spiro atoms. The molecule has 0 unspecified atom stereocenters. The van der Waals surface area contributed by atoms with Crippen LogP contribution in [0.1, 0.15) is 19.4 Å². The summed E-state index contributed by atoms with van der Waals surface area (Å²) in [7, 11) is 0. The molecule has 0 aliphatic carbocycles. The first-order chi connectivity index (χ1) is 14.1. The standard InChI is InChI=1S/C21H20F4N4O/c1-12(2)26-20-28-18(14-5-4-6-16(10-14)30-21(23,24)25)11-19(29-20)27-17-8-7-15(22)9-13(17)3/h4-12H,1-3H3,(H2,26,27,28,29). The van der Waals surface area contributed by atoms with E-state index in [4.69, 9.17) is 0 Å². The van der Waals surface area contributed by atoms with Crippen LogP contribution in [0, 0.1) is 12.7 Å². The Hall–Kier alpha value is -3.36. The van der Waals surface area contributed by atoms with Gasteiger partial charge in [0.25, 0.3) is 0 Å². The van der Waals surface area contributed by atoms with E-state index in [1.165, 1.54) is 30.3 Å². The molecule has 0 aliphatic heterocycles. The fraction of sp³-hybridized carbons (Fsp3) is 0.238. The number of rotatable bonds is 6. The van der Waals surface area contributed by atoms with Gasteiger partial charge in [-0.3, -0.25) is 0 Å². The van der Waals surface area contributed by atoms with E-state index >= 15 is 0 Å². The lowest BCUT2D eigenvalue weighted by atomic mass is 10.1. The maximum atomic E-state index is 13.4. The molecule has 3 rings (SSSR count). The lowest BCUT2D eigenvalue weighted by molar-refractivity contribution is -0.274. The van der Waals surface area contributed by atoms with Crippen LogP contribution in [-0.2, 0) is 0 Å². The fourth-order valence-electron chi connectivity index (χ4n) is 2.74. The van der Waals surface area contributed by atoms with Gasteiger partial charge < -0.3 is 15.4 Å². The van der Waals surface area contributed by atoms with E-state index in [0.717, 1.165) is 0 Å². The molecule has 2 aromatic carbocycles. The second kappa shape index (κ2) is 8.56. The number of aromatic nitrogens is 2. The summed E-state index contributed by atoms with van der Waals surface area (Å²) in [5, 5.41) is 6.19. The van der Waals surface area contributed by atoms with Gasteiger partial charge in [-0.1, -0.05) is 12.1 Å². The van der Waals surface area contributed by atoms with Gasteiger partial charge in [0.05, 0.1) is 5.69 Å². The molecule has 0 bridgehead atoms. The van der Waals surface area contributed by atoms with Gasteiger partial charge in [-0.2, -0.15) is 4.98 Å². The Balaban J connectivity index is 2.00. The van der Waals surface area contributed by atoms with Crippen LogP contribution in [0.15, 0.2) is 48.5 Å². The minimum absolute atomic E-state index is 0.0283. The topological polar surface area (TPSA) is 59.1 Å². The lowest BCUT2D eigenvalue weighted by Gasteiger charge is -2.15. The van der Waals surface area contributed by atoms with Crippen LogP contribution in [0.5, 0.6) is 5.75 Å². The summed E-state index contributed by atoms with van der Waals surface area (Å²) >= 11 is 0. The fourth-order valence-corrected chi connectivity index (χ4v) is 2.74. The molecule has 0 atom stereocenters. The predicted octanol–water partition coefficient (Wildman–Crippen LogP) is 6.05. The minimum atomic E-state index is -4.79. The van der Waals surface area contributed by atoms with Crippen molar-refractivity contribution in [2.24, 2.45) is 0 Å². The van der Waals surface area contributed by atoms with Crippen molar-refractivity contribution in [3.05, 3.63) is 59.9 Å². The molecule has 0 saturated heterocycles. The highest BCUT2D eigenvalue weighted by molar-refractivity contribution is 5.69. The Bertz CT molecular complexity index is 1040. The van der Waals surface area contributed by atoms with E-state index in [9.17, 15) is 17.6 Å². The van der Waals surface area contributed by atoms with E-state index in [2.05, 4.69) is 25.3 Å². The van der Waals surface area contributed by atoms with Gasteiger partial charge in [0.1, 0.15) is 17.4 Å². The molecule has 0 saturated carbocycles. The smallest absolute Gasteiger partial charge is 0.406 e. The van der Waals surface area contributed by atoms with E-state index in [1.54, 1.807) is 25.1 Å². The highest BCUT2D eigenvalue weighted by Gasteiger charge is 2.31. The van der Waals surface area contributed by atoms with Crippen molar-refractivity contribution in [1.29, 1.82) is 0 Å². The molecule has 3 aromatic rings. The van der Waals surface area contributed by atoms with Gasteiger partial charge in [-0.15, -0.1) is 13.2 Å². The zero-order chi connectivity index (χ0) is 21.9. The Labute approximate surface area is 171 Å². The molecule has 2 N–H and O–H groups in total. The number of ether oxygens (including phenoxy) is 1. The first kappa shape index (κ1) is 21.4. The highest BCUT2D eigenvalue weighted by Crippen LogP contribution is 2.30. The molecule has 9 heteroatoms. The number of aryl methyl sites for hydroxylation is 1. The van der Waals surface area contributed by atoms with E-state index in [-0.39, 0.29) is 17.6 Å². The van der Waals surface area contributed by atoms with Crippen LogP contribution in [-0.4, -0.2) is 22.4 Å². The molecule has 1 aromatic heterocycles. The molecular formula is C21H20F4N4O.